The van der Waals surface area contributed by atoms with E-state index in [1.165, 1.54) is 38.5 Å². The molecule has 0 atom stereocenters. The van der Waals surface area contributed by atoms with E-state index in [0.717, 1.165) is 19.3 Å². The van der Waals surface area contributed by atoms with Gasteiger partial charge in [-0.05, 0) is 32.1 Å². The summed E-state index contributed by atoms with van der Waals surface area (Å²) in [6.45, 7) is 1.38. The quantitative estimate of drug-likeness (QED) is 0.273. The molecule has 0 aromatic heterocycles. The van der Waals surface area contributed by atoms with E-state index < -0.39 is 0 Å². The predicted octanol–water partition coefficient (Wildman–Crippen LogP) is 2.15. The van der Waals surface area contributed by atoms with E-state index in [1.54, 1.807) is 0 Å². The van der Waals surface area contributed by atoms with Gasteiger partial charge in [0.2, 0.25) is 5.91 Å². The SMILES string of the molecule is I.NC(=NCCCNC(=O)C1CCC1)NC1CCCCC1. The summed E-state index contributed by atoms with van der Waals surface area (Å²) in [6, 6.07) is 0.505. The average Bonchev–Trinajstić information content (AvgIpc) is 2.37. The highest BCUT2D eigenvalue weighted by molar-refractivity contribution is 14.0. The maximum atomic E-state index is 11.6. The van der Waals surface area contributed by atoms with Gasteiger partial charge in [0.15, 0.2) is 5.96 Å². The number of rotatable bonds is 6. The highest BCUT2D eigenvalue weighted by Crippen LogP contribution is 2.26. The van der Waals surface area contributed by atoms with E-state index >= 15 is 0 Å². The highest BCUT2D eigenvalue weighted by atomic mass is 127. The van der Waals surface area contributed by atoms with Crippen LogP contribution >= 0.6 is 24.0 Å². The molecule has 2 rings (SSSR count). The predicted molar refractivity (Wildman–Crippen MR) is 96.9 cm³/mol. The lowest BCUT2D eigenvalue weighted by molar-refractivity contribution is -0.127. The van der Waals surface area contributed by atoms with Crippen LogP contribution in [0.25, 0.3) is 0 Å². The monoisotopic (exact) mass is 408 g/mol. The summed E-state index contributed by atoms with van der Waals surface area (Å²) in [5.41, 5.74) is 5.88. The Labute approximate surface area is 144 Å². The Hall–Kier alpha value is -0.530. The van der Waals surface area contributed by atoms with Crippen molar-refractivity contribution in [3.8, 4) is 0 Å². The number of aliphatic imine (C=N–C) groups is 1. The van der Waals surface area contributed by atoms with Gasteiger partial charge in [-0.15, -0.1) is 24.0 Å². The number of nitrogens with zero attached hydrogens (tertiary/aromatic N) is 1. The first-order valence-corrected chi connectivity index (χ1v) is 8.10. The van der Waals surface area contributed by atoms with Crippen molar-refractivity contribution in [2.45, 2.75) is 63.8 Å². The first-order valence-electron chi connectivity index (χ1n) is 8.10. The van der Waals surface area contributed by atoms with Gasteiger partial charge in [-0.2, -0.15) is 0 Å². The smallest absolute Gasteiger partial charge is 0.223 e. The molecule has 0 aromatic rings. The molecule has 0 saturated heterocycles. The lowest BCUT2D eigenvalue weighted by atomic mass is 9.85. The van der Waals surface area contributed by atoms with Crippen molar-refractivity contribution in [3.63, 3.8) is 0 Å². The molecule has 122 valence electrons. The van der Waals surface area contributed by atoms with Crippen LogP contribution in [0.4, 0.5) is 0 Å². The fourth-order valence-electron chi connectivity index (χ4n) is 2.81. The van der Waals surface area contributed by atoms with Crippen LogP contribution in [-0.2, 0) is 4.79 Å². The molecule has 2 fully saturated rings. The molecule has 6 heteroatoms. The van der Waals surface area contributed by atoms with E-state index in [9.17, 15) is 4.79 Å². The van der Waals surface area contributed by atoms with Crippen LogP contribution in [-0.4, -0.2) is 31.0 Å². The minimum Gasteiger partial charge on any atom is -0.370 e. The molecule has 5 nitrogen and oxygen atoms in total. The van der Waals surface area contributed by atoms with Crippen molar-refractivity contribution in [1.29, 1.82) is 0 Å². The standard InChI is InChI=1S/C15H28N4O.HI/c16-15(19-13-8-2-1-3-9-13)18-11-5-10-17-14(20)12-6-4-7-12;/h12-13H,1-11H2,(H,17,20)(H3,16,18,19);1H. The third-order valence-electron chi connectivity index (χ3n) is 4.35. The third-order valence-corrected chi connectivity index (χ3v) is 4.35. The number of nitrogens with two attached hydrogens (primary N) is 1. The Kier molecular flexibility index (Phi) is 9.03. The number of carbonyl (C=O) groups is 1. The number of carbonyl (C=O) groups excluding carboxylic acids is 1. The van der Waals surface area contributed by atoms with Gasteiger partial charge >= 0.3 is 0 Å². The van der Waals surface area contributed by atoms with Gasteiger partial charge in [0.25, 0.3) is 0 Å². The Balaban J connectivity index is 0.00000220. The van der Waals surface area contributed by atoms with Gasteiger partial charge in [0.05, 0.1) is 0 Å². The maximum Gasteiger partial charge on any atom is 0.223 e. The molecule has 0 bridgehead atoms. The highest BCUT2D eigenvalue weighted by Gasteiger charge is 2.24. The minimum atomic E-state index is 0. The van der Waals surface area contributed by atoms with Crippen LogP contribution in [0, 0.1) is 5.92 Å². The lowest BCUT2D eigenvalue weighted by Gasteiger charge is -2.24. The first kappa shape index (κ1) is 18.5. The second-order valence-corrected chi connectivity index (χ2v) is 6.02. The molecule has 1 amide bonds. The molecule has 0 unspecified atom stereocenters. The maximum absolute atomic E-state index is 11.6. The zero-order valence-electron chi connectivity index (χ0n) is 12.8. The number of nitrogens with one attached hydrogen (secondary N) is 2. The van der Waals surface area contributed by atoms with Gasteiger partial charge in [-0.25, -0.2) is 0 Å². The van der Waals surface area contributed by atoms with E-state index in [2.05, 4.69) is 15.6 Å². The summed E-state index contributed by atoms with van der Waals surface area (Å²) in [4.78, 5) is 15.9. The van der Waals surface area contributed by atoms with E-state index in [-0.39, 0.29) is 35.8 Å². The van der Waals surface area contributed by atoms with Crippen molar-refractivity contribution in [2.75, 3.05) is 13.1 Å². The van der Waals surface area contributed by atoms with Crippen LogP contribution in [0.1, 0.15) is 57.8 Å². The van der Waals surface area contributed by atoms with Crippen LogP contribution in [0.2, 0.25) is 0 Å². The van der Waals surface area contributed by atoms with Gasteiger partial charge in [-0.1, -0.05) is 25.7 Å². The molecular weight excluding hydrogens is 379 g/mol. The molecule has 2 aliphatic rings. The summed E-state index contributed by atoms with van der Waals surface area (Å²) >= 11 is 0. The molecule has 2 saturated carbocycles. The number of amides is 1. The lowest BCUT2D eigenvalue weighted by Crippen LogP contribution is -2.41. The van der Waals surface area contributed by atoms with Gasteiger partial charge < -0.3 is 16.4 Å². The van der Waals surface area contributed by atoms with Crippen molar-refractivity contribution in [2.24, 2.45) is 16.6 Å². The van der Waals surface area contributed by atoms with Crippen molar-refractivity contribution >= 4 is 35.8 Å². The van der Waals surface area contributed by atoms with Gasteiger partial charge in [-0.3, -0.25) is 9.79 Å². The summed E-state index contributed by atoms with van der Waals surface area (Å²) in [6.07, 6.45) is 10.5. The van der Waals surface area contributed by atoms with Crippen LogP contribution in [0.3, 0.4) is 0 Å². The van der Waals surface area contributed by atoms with Crippen molar-refractivity contribution < 1.29 is 4.79 Å². The van der Waals surface area contributed by atoms with Crippen molar-refractivity contribution in [1.82, 2.24) is 10.6 Å². The van der Waals surface area contributed by atoms with Crippen LogP contribution < -0.4 is 16.4 Å². The Morgan fingerprint density at radius 1 is 1.10 bits per heavy atom. The number of halogens is 1. The molecule has 4 N–H and O–H groups in total. The second-order valence-electron chi connectivity index (χ2n) is 6.02. The van der Waals surface area contributed by atoms with E-state index in [4.69, 9.17) is 5.73 Å². The summed E-state index contributed by atoms with van der Waals surface area (Å²) in [5.74, 6) is 1.05. The topological polar surface area (TPSA) is 79.5 Å². The Morgan fingerprint density at radius 2 is 1.81 bits per heavy atom. The van der Waals surface area contributed by atoms with E-state index in [1.807, 2.05) is 0 Å². The largest absolute Gasteiger partial charge is 0.370 e. The molecule has 2 aliphatic carbocycles. The normalized spacial score (nSPS) is 20.3. The molecule has 0 heterocycles. The fraction of sp³-hybridized carbons (Fsp3) is 0.867. The number of hydrogen-bond donors (Lipinski definition) is 3. The summed E-state index contributed by atoms with van der Waals surface area (Å²) in [5, 5.41) is 6.27. The summed E-state index contributed by atoms with van der Waals surface area (Å²) < 4.78 is 0. The van der Waals surface area contributed by atoms with Crippen LogP contribution in [0.15, 0.2) is 4.99 Å². The zero-order valence-corrected chi connectivity index (χ0v) is 15.1. The first-order chi connectivity index (χ1) is 9.75. The average molecular weight is 408 g/mol. The van der Waals surface area contributed by atoms with Gasteiger partial charge in [0.1, 0.15) is 0 Å². The van der Waals surface area contributed by atoms with E-state index in [0.29, 0.717) is 25.1 Å². The molecule has 0 radical (unpaired) electrons. The van der Waals surface area contributed by atoms with Crippen molar-refractivity contribution in [3.05, 3.63) is 0 Å². The minimum absolute atomic E-state index is 0. The molecular formula is C15H29IN4O. The number of hydrogen-bond acceptors (Lipinski definition) is 2. The molecule has 0 aromatic carbocycles. The number of guanidine groups is 1. The molecule has 0 aliphatic heterocycles. The molecule has 21 heavy (non-hydrogen) atoms. The molecule has 0 spiro atoms. The van der Waals surface area contributed by atoms with Gasteiger partial charge in [0, 0.05) is 25.0 Å². The second kappa shape index (κ2) is 10.2. The fourth-order valence-corrected chi connectivity index (χ4v) is 2.81. The zero-order chi connectivity index (χ0) is 14.2. The Morgan fingerprint density at radius 3 is 2.43 bits per heavy atom. The summed E-state index contributed by atoms with van der Waals surface area (Å²) in [7, 11) is 0. The van der Waals surface area contributed by atoms with Crippen LogP contribution in [0.5, 0.6) is 0 Å². The third kappa shape index (κ3) is 6.84. The Bertz CT molecular complexity index is 339.